The predicted molar refractivity (Wildman–Crippen MR) is 108 cm³/mol. The molecule has 1 aliphatic rings. The molecule has 1 saturated carbocycles. The van der Waals surface area contributed by atoms with Crippen LogP contribution in [0.5, 0.6) is 0 Å². The number of benzene rings is 1. The average Bonchev–Trinajstić information content (AvgIpc) is 2.60. The highest BCUT2D eigenvalue weighted by molar-refractivity contribution is 7.58. The van der Waals surface area contributed by atoms with Crippen molar-refractivity contribution in [3.05, 3.63) is 34.4 Å². The van der Waals surface area contributed by atoms with Crippen LogP contribution >= 0.6 is 7.37 Å². The normalized spacial score (nSPS) is 20.0. The van der Waals surface area contributed by atoms with Crippen LogP contribution in [-0.4, -0.2) is 39.0 Å². The number of hydrogen-bond donors (Lipinski definition) is 3. The zero-order valence-electron chi connectivity index (χ0n) is 16.6. The van der Waals surface area contributed by atoms with Crippen LogP contribution in [0.2, 0.25) is 0 Å². The van der Waals surface area contributed by atoms with Gasteiger partial charge in [0, 0.05) is 6.16 Å². The fraction of sp³-hybridized carbons (Fsp3) is 0.667. The molecule has 27 heavy (non-hydrogen) atoms. The Bertz CT molecular complexity index is 709. The molecule has 0 saturated heterocycles. The third kappa shape index (κ3) is 5.91. The van der Waals surface area contributed by atoms with E-state index in [1.54, 1.807) is 0 Å². The predicted octanol–water partition coefficient (Wildman–Crippen LogP) is 4.07. The molecule has 3 atom stereocenters. The van der Waals surface area contributed by atoms with E-state index in [1.807, 2.05) is 6.92 Å². The smallest absolute Gasteiger partial charge is 0.333 e. The zero-order valence-corrected chi connectivity index (χ0v) is 17.5. The molecule has 1 fully saturated rings. The minimum atomic E-state index is -3.78. The van der Waals surface area contributed by atoms with Crippen LogP contribution < -0.4 is 0 Å². The third-order valence-electron chi connectivity index (χ3n) is 5.97. The highest BCUT2D eigenvalue weighted by atomic mass is 31.2. The van der Waals surface area contributed by atoms with Crippen molar-refractivity contribution in [3.8, 4) is 0 Å². The lowest BCUT2D eigenvalue weighted by Gasteiger charge is -2.25. The molecule has 0 heterocycles. The number of aliphatic carboxylic acids is 1. The molecule has 3 N–H and O–H groups in total. The van der Waals surface area contributed by atoms with Gasteiger partial charge in [0.25, 0.3) is 0 Å². The van der Waals surface area contributed by atoms with Gasteiger partial charge in [-0.3, -0.25) is 4.57 Å². The van der Waals surface area contributed by atoms with Crippen molar-refractivity contribution < 1.29 is 24.5 Å². The summed E-state index contributed by atoms with van der Waals surface area (Å²) in [5.41, 5.74) is 3.50. The number of carbonyl (C=O) groups is 1. The van der Waals surface area contributed by atoms with Crippen molar-refractivity contribution in [1.29, 1.82) is 0 Å². The first-order valence-electron chi connectivity index (χ1n) is 9.93. The number of aryl methyl sites for hydroxylation is 2. The Labute approximate surface area is 162 Å². The van der Waals surface area contributed by atoms with Gasteiger partial charge >= 0.3 is 5.97 Å². The number of carboxylic acid groups (broad SMARTS) is 1. The maximum absolute atomic E-state index is 12.6. The summed E-state index contributed by atoms with van der Waals surface area (Å²) in [5.74, 6) is -0.784. The Kier molecular flexibility index (Phi) is 7.67. The van der Waals surface area contributed by atoms with Gasteiger partial charge in [0.2, 0.25) is 7.37 Å². The van der Waals surface area contributed by atoms with Gasteiger partial charge in [-0.2, -0.15) is 0 Å². The van der Waals surface area contributed by atoms with E-state index in [4.69, 9.17) is 5.11 Å². The van der Waals surface area contributed by atoms with Gasteiger partial charge in [0.05, 0.1) is 5.66 Å². The van der Waals surface area contributed by atoms with Gasteiger partial charge in [-0.25, -0.2) is 4.79 Å². The van der Waals surface area contributed by atoms with Gasteiger partial charge in [0.1, 0.15) is 0 Å². The second-order valence-electron chi connectivity index (χ2n) is 8.18. The lowest BCUT2D eigenvalue weighted by atomic mass is 9.82. The SMILES string of the molecule is Cc1cc(C)c(CCP(=O)(O)C(C)C(O)C(=O)O)c(CC2CCCCC2)c1. The topological polar surface area (TPSA) is 94.8 Å². The first-order chi connectivity index (χ1) is 12.6. The molecule has 1 aliphatic carbocycles. The summed E-state index contributed by atoms with van der Waals surface area (Å²) < 4.78 is 12.6. The molecule has 1 aromatic carbocycles. The Balaban J connectivity index is 2.17. The largest absolute Gasteiger partial charge is 0.479 e. The van der Waals surface area contributed by atoms with Crippen molar-refractivity contribution >= 4 is 13.3 Å². The van der Waals surface area contributed by atoms with E-state index in [0.29, 0.717) is 12.3 Å². The highest BCUT2D eigenvalue weighted by Gasteiger charge is 2.36. The summed E-state index contributed by atoms with van der Waals surface area (Å²) in [6.07, 6.45) is 5.96. The van der Waals surface area contributed by atoms with E-state index >= 15 is 0 Å². The lowest BCUT2D eigenvalue weighted by Crippen LogP contribution is -2.32. The summed E-state index contributed by atoms with van der Waals surface area (Å²) in [4.78, 5) is 21.3. The minimum Gasteiger partial charge on any atom is -0.479 e. The second-order valence-corrected chi connectivity index (χ2v) is 11.0. The molecule has 6 heteroatoms. The van der Waals surface area contributed by atoms with Crippen molar-refractivity contribution in [2.24, 2.45) is 5.92 Å². The van der Waals surface area contributed by atoms with Crippen LogP contribution in [0.25, 0.3) is 0 Å². The van der Waals surface area contributed by atoms with E-state index in [9.17, 15) is 19.4 Å². The molecule has 1 aromatic rings. The van der Waals surface area contributed by atoms with E-state index in [1.165, 1.54) is 50.2 Å². The zero-order chi connectivity index (χ0) is 20.2. The minimum absolute atomic E-state index is 0.0138. The molecule has 0 aromatic heterocycles. The fourth-order valence-corrected chi connectivity index (χ4v) is 5.75. The summed E-state index contributed by atoms with van der Waals surface area (Å²) >= 11 is 0. The first kappa shape index (κ1) is 22.1. The highest BCUT2D eigenvalue weighted by Crippen LogP contribution is 2.48. The Morgan fingerprint density at radius 3 is 2.44 bits per heavy atom. The lowest BCUT2D eigenvalue weighted by molar-refractivity contribution is -0.146. The quantitative estimate of drug-likeness (QED) is 0.576. The second kappa shape index (κ2) is 9.36. The van der Waals surface area contributed by atoms with Gasteiger partial charge in [0.15, 0.2) is 6.10 Å². The molecular formula is C21H33O5P. The Hall–Kier alpha value is -1.16. The van der Waals surface area contributed by atoms with Crippen LogP contribution in [0.4, 0.5) is 0 Å². The molecule has 0 bridgehead atoms. The maximum atomic E-state index is 12.6. The number of hydrogen-bond acceptors (Lipinski definition) is 3. The monoisotopic (exact) mass is 396 g/mol. The molecule has 5 nitrogen and oxygen atoms in total. The summed E-state index contributed by atoms with van der Waals surface area (Å²) in [5, 5.41) is 18.6. The van der Waals surface area contributed by atoms with Crippen molar-refractivity contribution in [2.75, 3.05) is 6.16 Å². The van der Waals surface area contributed by atoms with Gasteiger partial charge < -0.3 is 15.1 Å². The third-order valence-corrected chi connectivity index (χ3v) is 8.39. The molecule has 0 aliphatic heterocycles. The summed E-state index contributed by atoms with van der Waals surface area (Å²) in [6, 6.07) is 4.28. The van der Waals surface area contributed by atoms with Gasteiger partial charge in [-0.05, 0) is 49.3 Å². The number of aliphatic hydroxyl groups excluding tert-OH is 1. The Morgan fingerprint density at radius 2 is 1.85 bits per heavy atom. The molecule has 0 spiro atoms. The number of rotatable bonds is 8. The number of aliphatic hydroxyl groups is 1. The van der Waals surface area contributed by atoms with E-state index in [0.717, 1.165) is 17.5 Å². The van der Waals surface area contributed by atoms with E-state index in [-0.39, 0.29) is 6.16 Å². The Morgan fingerprint density at radius 1 is 1.22 bits per heavy atom. The van der Waals surface area contributed by atoms with Crippen molar-refractivity contribution in [3.63, 3.8) is 0 Å². The van der Waals surface area contributed by atoms with Crippen molar-refractivity contribution in [1.82, 2.24) is 0 Å². The summed E-state index contributed by atoms with van der Waals surface area (Å²) in [6.45, 7) is 5.44. The van der Waals surface area contributed by atoms with Crippen LogP contribution in [-0.2, 0) is 22.2 Å². The molecule has 0 amide bonds. The van der Waals surface area contributed by atoms with Crippen molar-refractivity contribution in [2.45, 2.75) is 77.5 Å². The maximum Gasteiger partial charge on any atom is 0.333 e. The van der Waals surface area contributed by atoms with Gasteiger partial charge in [-0.1, -0.05) is 56.7 Å². The van der Waals surface area contributed by atoms with E-state index < -0.39 is 25.1 Å². The number of carboxylic acids is 1. The van der Waals surface area contributed by atoms with Crippen LogP contribution in [0.15, 0.2) is 12.1 Å². The van der Waals surface area contributed by atoms with Crippen LogP contribution in [0, 0.1) is 19.8 Å². The average molecular weight is 396 g/mol. The fourth-order valence-electron chi connectivity index (χ4n) is 4.23. The summed E-state index contributed by atoms with van der Waals surface area (Å²) in [7, 11) is -3.78. The molecule has 0 radical (unpaired) electrons. The molecular weight excluding hydrogens is 363 g/mol. The molecule has 152 valence electrons. The van der Waals surface area contributed by atoms with E-state index in [2.05, 4.69) is 19.1 Å². The molecule has 3 unspecified atom stereocenters. The standard InChI is InChI=1S/C21H33O5P/c1-14-11-15(2)19(18(12-14)13-17-7-5-4-6-8-17)9-10-27(25,26)16(3)20(22)21(23)24/h11-12,16-17,20,22H,4-10,13H2,1-3H3,(H,23,24)(H,25,26). The first-order valence-corrected chi connectivity index (χ1v) is 11.8. The van der Waals surface area contributed by atoms with Crippen LogP contribution in [0.3, 0.4) is 0 Å². The molecule has 2 rings (SSSR count). The van der Waals surface area contributed by atoms with Gasteiger partial charge in [-0.15, -0.1) is 0 Å². The van der Waals surface area contributed by atoms with Crippen LogP contribution in [0.1, 0.15) is 61.3 Å².